The van der Waals surface area contributed by atoms with Crippen molar-refractivity contribution in [3.05, 3.63) is 53.6 Å². The Morgan fingerprint density at radius 2 is 2.14 bits per heavy atom. The number of hydrogen-bond donors (Lipinski definition) is 0. The average molecular weight is 303 g/mol. The van der Waals surface area contributed by atoms with Crippen LogP contribution in [0, 0.1) is 5.92 Å². The zero-order valence-electron chi connectivity index (χ0n) is 12.4. The van der Waals surface area contributed by atoms with Gasteiger partial charge in [0.1, 0.15) is 0 Å². The fourth-order valence-corrected chi connectivity index (χ4v) is 4.27. The lowest BCUT2D eigenvalue weighted by Gasteiger charge is -2.36. The first-order valence-corrected chi connectivity index (χ1v) is 7.96. The van der Waals surface area contributed by atoms with Crippen molar-refractivity contribution in [1.82, 2.24) is 9.55 Å². The number of hydrogen-bond acceptors (Lipinski definition) is 1. The normalized spacial score (nSPS) is 23.2. The van der Waals surface area contributed by atoms with Crippen molar-refractivity contribution < 1.29 is 0 Å². The van der Waals surface area contributed by atoms with E-state index in [1.54, 1.807) is 16.7 Å². The Morgan fingerprint density at radius 3 is 3.00 bits per heavy atom. The van der Waals surface area contributed by atoms with Gasteiger partial charge in [-0.25, -0.2) is 4.98 Å². The minimum Gasteiger partial charge on any atom is -0.337 e. The summed E-state index contributed by atoms with van der Waals surface area (Å²) in [7, 11) is 0. The van der Waals surface area contributed by atoms with Crippen LogP contribution in [-0.2, 0) is 19.4 Å². The van der Waals surface area contributed by atoms with E-state index in [0.717, 1.165) is 18.4 Å². The molecule has 1 aromatic carbocycles. The largest absolute Gasteiger partial charge is 0.337 e. The molecule has 0 saturated carbocycles. The molecule has 2 atom stereocenters. The third kappa shape index (κ3) is 2.87. The Labute approximate surface area is 133 Å². The van der Waals surface area contributed by atoms with E-state index in [1.165, 1.54) is 38.5 Å². The van der Waals surface area contributed by atoms with Gasteiger partial charge in [-0.05, 0) is 67.1 Å². The van der Waals surface area contributed by atoms with Gasteiger partial charge >= 0.3 is 0 Å². The van der Waals surface area contributed by atoms with Gasteiger partial charge in [-0.1, -0.05) is 18.2 Å². The second-order valence-corrected chi connectivity index (χ2v) is 6.47. The first kappa shape index (κ1) is 14.6. The number of aromatic nitrogens is 2. The van der Waals surface area contributed by atoms with Gasteiger partial charge in [0.15, 0.2) is 0 Å². The summed E-state index contributed by atoms with van der Waals surface area (Å²) in [5.74, 6) is 1.69. The van der Waals surface area contributed by atoms with Crippen LogP contribution in [0.15, 0.2) is 36.9 Å². The average Bonchev–Trinajstić information content (AvgIpc) is 2.99. The molecular weight excluding hydrogens is 280 g/mol. The second kappa shape index (κ2) is 6.23. The molecule has 0 unspecified atom stereocenters. The van der Waals surface area contributed by atoms with E-state index in [-0.39, 0.29) is 12.4 Å². The van der Waals surface area contributed by atoms with E-state index in [0.29, 0.717) is 0 Å². The van der Waals surface area contributed by atoms with Crippen LogP contribution in [0.5, 0.6) is 0 Å². The van der Waals surface area contributed by atoms with Crippen LogP contribution < -0.4 is 0 Å². The zero-order chi connectivity index (χ0) is 13.4. The van der Waals surface area contributed by atoms with Crippen LogP contribution in [0.2, 0.25) is 0 Å². The summed E-state index contributed by atoms with van der Waals surface area (Å²) in [6, 6.07) is 7.01. The predicted molar refractivity (Wildman–Crippen MR) is 88.0 cm³/mol. The molecular formula is C18H23ClN2. The molecule has 21 heavy (non-hydrogen) atoms. The maximum Gasteiger partial charge on any atom is 0.0945 e. The predicted octanol–water partition coefficient (Wildman–Crippen LogP) is 4.38. The summed E-state index contributed by atoms with van der Waals surface area (Å²) in [6.45, 7) is 1.12. The topological polar surface area (TPSA) is 17.8 Å². The Balaban J connectivity index is 0.00000132. The van der Waals surface area contributed by atoms with Gasteiger partial charge in [0.05, 0.1) is 6.33 Å². The molecule has 0 saturated heterocycles. The van der Waals surface area contributed by atoms with Crippen molar-refractivity contribution in [3.8, 4) is 0 Å². The second-order valence-electron chi connectivity index (χ2n) is 6.47. The number of benzene rings is 1. The first-order chi connectivity index (χ1) is 9.90. The standard InChI is InChI=1S/C18H22N2.ClH/c1-3-15-4-2-6-17-12-14(11-16(5-1)18(15)17)7-9-20-10-8-19-13-20;/h1,3,5,8,10,13-14,17H,2,4,6-7,9,11-12H2;1H/t14-,17-;/m1./s1. The lowest BCUT2D eigenvalue weighted by atomic mass is 9.69. The number of imidazole rings is 1. The lowest BCUT2D eigenvalue weighted by Crippen LogP contribution is -2.24. The molecule has 2 nitrogen and oxygen atoms in total. The number of aryl methyl sites for hydroxylation is 2. The summed E-state index contributed by atoms with van der Waals surface area (Å²) in [4.78, 5) is 4.14. The van der Waals surface area contributed by atoms with Crippen LogP contribution in [-0.4, -0.2) is 9.55 Å². The van der Waals surface area contributed by atoms with Gasteiger partial charge in [-0.2, -0.15) is 0 Å². The molecule has 2 aliphatic rings. The summed E-state index contributed by atoms with van der Waals surface area (Å²) in [5, 5.41) is 0. The first-order valence-electron chi connectivity index (χ1n) is 7.96. The van der Waals surface area contributed by atoms with Gasteiger partial charge in [0.25, 0.3) is 0 Å². The van der Waals surface area contributed by atoms with E-state index in [1.807, 2.05) is 12.5 Å². The van der Waals surface area contributed by atoms with Gasteiger partial charge in [0.2, 0.25) is 0 Å². The molecule has 0 N–H and O–H groups in total. The third-order valence-electron chi connectivity index (χ3n) is 5.17. The highest BCUT2D eigenvalue weighted by molar-refractivity contribution is 5.85. The summed E-state index contributed by atoms with van der Waals surface area (Å²) in [5.41, 5.74) is 5.03. The number of rotatable bonds is 3. The molecule has 0 fully saturated rings. The van der Waals surface area contributed by atoms with Gasteiger partial charge in [0, 0.05) is 18.9 Å². The third-order valence-corrected chi connectivity index (χ3v) is 5.17. The van der Waals surface area contributed by atoms with Crippen molar-refractivity contribution >= 4 is 12.4 Å². The molecule has 1 heterocycles. The van der Waals surface area contributed by atoms with Crippen LogP contribution in [0.25, 0.3) is 0 Å². The van der Waals surface area contributed by atoms with Gasteiger partial charge in [-0.3, -0.25) is 0 Å². The Kier molecular flexibility index (Phi) is 4.34. The van der Waals surface area contributed by atoms with Crippen molar-refractivity contribution in [2.45, 2.75) is 51.0 Å². The van der Waals surface area contributed by atoms with E-state index >= 15 is 0 Å². The van der Waals surface area contributed by atoms with Crippen molar-refractivity contribution in [3.63, 3.8) is 0 Å². The van der Waals surface area contributed by atoms with E-state index in [4.69, 9.17) is 0 Å². The van der Waals surface area contributed by atoms with Crippen molar-refractivity contribution in [2.24, 2.45) is 5.92 Å². The minimum absolute atomic E-state index is 0. The molecule has 0 bridgehead atoms. The zero-order valence-corrected chi connectivity index (χ0v) is 13.2. The molecule has 112 valence electrons. The van der Waals surface area contributed by atoms with Crippen LogP contribution in [0.3, 0.4) is 0 Å². The van der Waals surface area contributed by atoms with Crippen molar-refractivity contribution in [2.75, 3.05) is 0 Å². The van der Waals surface area contributed by atoms with Crippen molar-refractivity contribution in [1.29, 1.82) is 0 Å². The number of nitrogens with zero attached hydrogens (tertiary/aromatic N) is 2. The molecule has 0 spiro atoms. The summed E-state index contributed by atoms with van der Waals surface area (Å²) >= 11 is 0. The Hall–Kier alpha value is -1.28. The fraction of sp³-hybridized carbons (Fsp3) is 0.500. The molecule has 0 aliphatic heterocycles. The molecule has 2 aromatic rings. The highest BCUT2D eigenvalue weighted by atomic mass is 35.5. The maximum atomic E-state index is 4.14. The SMILES string of the molecule is Cl.c1cc2c3c(c1)C[C@@H](CCn1ccnc1)C[C@H]3CCC2. The summed E-state index contributed by atoms with van der Waals surface area (Å²) < 4.78 is 2.22. The fourth-order valence-electron chi connectivity index (χ4n) is 4.27. The Morgan fingerprint density at radius 1 is 1.24 bits per heavy atom. The van der Waals surface area contributed by atoms with Crippen LogP contribution >= 0.6 is 12.4 Å². The van der Waals surface area contributed by atoms with E-state index in [2.05, 4.69) is 33.9 Å². The van der Waals surface area contributed by atoms with Gasteiger partial charge in [-0.15, -0.1) is 12.4 Å². The maximum absolute atomic E-state index is 4.14. The monoisotopic (exact) mass is 302 g/mol. The molecule has 2 aliphatic carbocycles. The van der Waals surface area contributed by atoms with Crippen LogP contribution in [0.1, 0.15) is 48.3 Å². The molecule has 0 radical (unpaired) electrons. The highest BCUT2D eigenvalue weighted by Crippen LogP contribution is 2.43. The summed E-state index contributed by atoms with van der Waals surface area (Å²) in [6.07, 6.45) is 14.0. The molecule has 1 aromatic heterocycles. The van der Waals surface area contributed by atoms with E-state index < -0.39 is 0 Å². The molecule has 3 heteroatoms. The highest BCUT2D eigenvalue weighted by Gasteiger charge is 2.30. The smallest absolute Gasteiger partial charge is 0.0945 e. The Bertz CT molecular complexity index is 591. The molecule has 4 rings (SSSR count). The van der Waals surface area contributed by atoms with E-state index in [9.17, 15) is 0 Å². The minimum atomic E-state index is 0. The van der Waals surface area contributed by atoms with Gasteiger partial charge < -0.3 is 4.57 Å². The number of halogens is 1. The van der Waals surface area contributed by atoms with Crippen LogP contribution in [0.4, 0.5) is 0 Å². The quantitative estimate of drug-likeness (QED) is 0.823. The molecule has 0 amide bonds. The lowest BCUT2D eigenvalue weighted by molar-refractivity contribution is 0.338.